The lowest BCUT2D eigenvalue weighted by Crippen LogP contribution is -2.51. The number of carbonyl (C=O) groups excluding carboxylic acids is 2. The van der Waals surface area contributed by atoms with Crippen LogP contribution in [0.3, 0.4) is 0 Å². The smallest absolute Gasteiger partial charge is 0.243 e. The van der Waals surface area contributed by atoms with Crippen LogP contribution in [0, 0.1) is 5.82 Å². The molecule has 1 fully saturated rings. The Kier molecular flexibility index (Phi) is 4.17. The lowest BCUT2D eigenvalue weighted by molar-refractivity contribution is -0.134. The van der Waals surface area contributed by atoms with Crippen molar-refractivity contribution < 1.29 is 14.0 Å². The van der Waals surface area contributed by atoms with E-state index in [0.717, 1.165) is 0 Å². The molecule has 0 saturated carbocycles. The number of carbonyl (C=O) groups is 2. The van der Waals surface area contributed by atoms with E-state index in [4.69, 9.17) is 11.6 Å². The molecule has 1 saturated heterocycles. The minimum atomic E-state index is -0.436. The van der Waals surface area contributed by atoms with Crippen LogP contribution >= 0.6 is 11.6 Å². The Hall–Kier alpha value is -1.46. The van der Waals surface area contributed by atoms with E-state index in [1.54, 1.807) is 6.07 Å². The molecule has 0 aliphatic carbocycles. The van der Waals surface area contributed by atoms with Crippen LogP contribution in [-0.2, 0) is 9.59 Å². The van der Waals surface area contributed by atoms with Gasteiger partial charge in [0.05, 0.1) is 6.04 Å². The van der Waals surface area contributed by atoms with Crippen molar-refractivity contribution in [2.75, 3.05) is 0 Å². The van der Waals surface area contributed by atoms with Gasteiger partial charge < -0.3 is 0 Å². The number of hydrogen-bond acceptors (Lipinski definition) is 3. The van der Waals surface area contributed by atoms with Crippen molar-refractivity contribution in [2.24, 2.45) is 0 Å². The number of imide groups is 1. The fourth-order valence-electron chi connectivity index (χ4n) is 2.10. The Labute approximate surface area is 115 Å². The molecule has 0 spiro atoms. The summed E-state index contributed by atoms with van der Waals surface area (Å²) in [7, 11) is 0. The molecule has 2 amide bonds. The van der Waals surface area contributed by atoms with Gasteiger partial charge in [-0.3, -0.25) is 20.2 Å². The highest BCUT2D eigenvalue weighted by Crippen LogP contribution is 2.24. The van der Waals surface area contributed by atoms with Crippen molar-refractivity contribution >= 4 is 23.4 Å². The zero-order valence-corrected chi connectivity index (χ0v) is 11.1. The van der Waals surface area contributed by atoms with E-state index in [0.29, 0.717) is 23.4 Å². The van der Waals surface area contributed by atoms with Crippen LogP contribution in [-0.4, -0.2) is 17.9 Å². The lowest BCUT2D eigenvalue weighted by atomic mass is 10.0. The fraction of sp³-hybridized carbons (Fsp3) is 0.385. The van der Waals surface area contributed by atoms with E-state index >= 15 is 0 Å². The lowest BCUT2D eigenvalue weighted by Gasteiger charge is -2.26. The van der Waals surface area contributed by atoms with E-state index in [9.17, 15) is 14.0 Å². The number of rotatable bonds is 3. The standard InChI is InChI=1S/C13H14ClFN2O2/c1-7(9-3-2-8(15)6-10(9)14)16-11-4-5-12(18)17-13(11)19/h2-3,6-7,11,16H,4-5H2,1H3,(H,17,18,19). The van der Waals surface area contributed by atoms with Gasteiger partial charge in [-0.15, -0.1) is 0 Å². The van der Waals surface area contributed by atoms with E-state index in [-0.39, 0.29) is 17.9 Å². The van der Waals surface area contributed by atoms with Gasteiger partial charge in [0.2, 0.25) is 11.8 Å². The summed E-state index contributed by atoms with van der Waals surface area (Å²) in [6, 6.07) is 3.50. The molecule has 1 aromatic carbocycles. The van der Waals surface area contributed by atoms with Gasteiger partial charge >= 0.3 is 0 Å². The van der Waals surface area contributed by atoms with E-state index in [1.807, 2.05) is 6.92 Å². The number of hydrogen-bond donors (Lipinski definition) is 2. The molecule has 0 bridgehead atoms. The predicted octanol–water partition coefficient (Wildman–Crippen LogP) is 1.93. The Balaban J connectivity index is 2.06. The second-order valence-corrected chi connectivity index (χ2v) is 4.97. The molecular formula is C13H14ClFN2O2. The van der Waals surface area contributed by atoms with Crippen LogP contribution in [0.5, 0.6) is 0 Å². The summed E-state index contributed by atoms with van der Waals surface area (Å²) < 4.78 is 13.0. The average molecular weight is 285 g/mol. The zero-order valence-electron chi connectivity index (χ0n) is 10.4. The van der Waals surface area contributed by atoms with Crippen molar-refractivity contribution in [2.45, 2.75) is 31.8 Å². The molecule has 2 atom stereocenters. The first-order chi connectivity index (χ1) is 8.97. The van der Waals surface area contributed by atoms with Crippen LogP contribution < -0.4 is 10.6 Å². The van der Waals surface area contributed by atoms with Crippen molar-refractivity contribution in [3.63, 3.8) is 0 Å². The van der Waals surface area contributed by atoms with Crippen LogP contribution in [0.1, 0.15) is 31.4 Å². The normalized spacial score (nSPS) is 21.1. The Morgan fingerprint density at radius 2 is 2.21 bits per heavy atom. The SMILES string of the molecule is CC(NC1CCC(=O)NC1=O)c1ccc(F)cc1Cl. The maximum Gasteiger partial charge on any atom is 0.243 e. The molecule has 2 N–H and O–H groups in total. The zero-order chi connectivity index (χ0) is 14.0. The van der Waals surface area contributed by atoms with Crippen LogP contribution in [0.25, 0.3) is 0 Å². The van der Waals surface area contributed by atoms with E-state index in [2.05, 4.69) is 10.6 Å². The van der Waals surface area contributed by atoms with Gasteiger partial charge in [-0.05, 0) is 31.0 Å². The minimum Gasteiger partial charge on any atom is -0.299 e. The third kappa shape index (κ3) is 3.30. The number of piperidine rings is 1. The highest BCUT2D eigenvalue weighted by molar-refractivity contribution is 6.31. The Morgan fingerprint density at radius 1 is 1.47 bits per heavy atom. The number of nitrogens with one attached hydrogen (secondary N) is 2. The fourth-order valence-corrected chi connectivity index (χ4v) is 2.43. The van der Waals surface area contributed by atoms with Gasteiger partial charge in [0.1, 0.15) is 5.82 Å². The van der Waals surface area contributed by atoms with Crippen molar-refractivity contribution in [1.82, 2.24) is 10.6 Å². The van der Waals surface area contributed by atoms with E-state index in [1.165, 1.54) is 12.1 Å². The Bertz CT molecular complexity index is 521. The van der Waals surface area contributed by atoms with Gasteiger partial charge in [0.15, 0.2) is 0 Å². The summed E-state index contributed by atoms with van der Waals surface area (Å²) in [6.07, 6.45) is 0.765. The second-order valence-electron chi connectivity index (χ2n) is 4.56. The highest BCUT2D eigenvalue weighted by atomic mass is 35.5. The molecule has 102 valence electrons. The second kappa shape index (κ2) is 5.67. The molecule has 0 radical (unpaired) electrons. The molecule has 1 aromatic rings. The van der Waals surface area contributed by atoms with Gasteiger partial charge in [0.25, 0.3) is 0 Å². The summed E-state index contributed by atoms with van der Waals surface area (Å²) in [4.78, 5) is 22.7. The summed E-state index contributed by atoms with van der Waals surface area (Å²) in [5, 5.41) is 5.68. The highest BCUT2D eigenvalue weighted by Gasteiger charge is 2.28. The first-order valence-electron chi connectivity index (χ1n) is 6.02. The number of halogens is 2. The third-order valence-electron chi connectivity index (χ3n) is 3.12. The molecule has 1 aliphatic heterocycles. The Morgan fingerprint density at radius 3 is 2.84 bits per heavy atom. The first kappa shape index (κ1) is 14.0. The summed E-state index contributed by atoms with van der Waals surface area (Å²) in [6.45, 7) is 1.84. The minimum absolute atomic E-state index is 0.211. The number of benzene rings is 1. The van der Waals surface area contributed by atoms with Crippen LogP contribution in [0.2, 0.25) is 5.02 Å². The van der Waals surface area contributed by atoms with Gasteiger partial charge in [-0.1, -0.05) is 17.7 Å². The van der Waals surface area contributed by atoms with Crippen molar-refractivity contribution in [3.05, 3.63) is 34.6 Å². The predicted molar refractivity (Wildman–Crippen MR) is 69.1 cm³/mol. The van der Waals surface area contributed by atoms with Crippen molar-refractivity contribution in [1.29, 1.82) is 0 Å². The maximum atomic E-state index is 13.0. The molecule has 6 heteroatoms. The topological polar surface area (TPSA) is 58.2 Å². The molecule has 2 rings (SSSR count). The molecule has 1 aliphatic rings. The molecule has 1 heterocycles. The van der Waals surface area contributed by atoms with Crippen LogP contribution in [0.15, 0.2) is 18.2 Å². The molecule has 19 heavy (non-hydrogen) atoms. The van der Waals surface area contributed by atoms with Crippen molar-refractivity contribution in [3.8, 4) is 0 Å². The van der Waals surface area contributed by atoms with Gasteiger partial charge in [0, 0.05) is 17.5 Å². The van der Waals surface area contributed by atoms with Gasteiger partial charge in [-0.2, -0.15) is 0 Å². The monoisotopic (exact) mass is 284 g/mol. The van der Waals surface area contributed by atoms with E-state index < -0.39 is 11.9 Å². The molecule has 2 unspecified atom stereocenters. The maximum absolute atomic E-state index is 13.0. The largest absolute Gasteiger partial charge is 0.299 e. The summed E-state index contributed by atoms with van der Waals surface area (Å²) in [5.41, 5.74) is 0.716. The molecule has 0 aromatic heterocycles. The third-order valence-corrected chi connectivity index (χ3v) is 3.45. The van der Waals surface area contributed by atoms with Gasteiger partial charge in [-0.25, -0.2) is 4.39 Å². The summed E-state index contributed by atoms with van der Waals surface area (Å²) in [5.74, 6) is -0.987. The summed E-state index contributed by atoms with van der Waals surface area (Å²) >= 11 is 5.97. The first-order valence-corrected chi connectivity index (χ1v) is 6.40. The molecular weight excluding hydrogens is 271 g/mol. The average Bonchev–Trinajstić information content (AvgIpc) is 2.32. The molecule has 4 nitrogen and oxygen atoms in total. The number of amides is 2. The van der Waals surface area contributed by atoms with Crippen LogP contribution in [0.4, 0.5) is 4.39 Å². The quantitative estimate of drug-likeness (QED) is 0.834.